The van der Waals surface area contributed by atoms with Crippen LogP contribution in [0.5, 0.6) is 5.75 Å². The molecule has 2 rings (SSSR count). The first-order chi connectivity index (χ1) is 13.0. The molecule has 0 fully saturated rings. The molecule has 5 nitrogen and oxygen atoms in total. The third kappa shape index (κ3) is 5.62. The highest BCUT2D eigenvalue weighted by Gasteiger charge is 2.28. The summed E-state index contributed by atoms with van der Waals surface area (Å²) in [6.07, 6.45) is 0.460. The van der Waals surface area contributed by atoms with Crippen molar-refractivity contribution < 1.29 is 14.3 Å². The van der Waals surface area contributed by atoms with Crippen molar-refractivity contribution in [2.24, 2.45) is 0 Å². The number of hydrogen-bond donors (Lipinski definition) is 1. The first-order valence-electron chi connectivity index (χ1n) is 8.59. The molecule has 0 saturated heterocycles. The molecule has 0 unspecified atom stereocenters. The van der Waals surface area contributed by atoms with Crippen molar-refractivity contribution in [1.29, 1.82) is 0 Å². The van der Waals surface area contributed by atoms with Gasteiger partial charge in [0.05, 0.1) is 5.02 Å². The number of halogens is 2. The van der Waals surface area contributed by atoms with Crippen LogP contribution >= 0.6 is 23.2 Å². The van der Waals surface area contributed by atoms with Gasteiger partial charge in [-0.05, 0) is 30.2 Å². The Bertz CT molecular complexity index is 798. The van der Waals surface area contributed by atoms with Crippen LogP contribution in [0.2, 0.25) is 10.0 Å². The smallest absolute Gasteiger partial charge is 0.261 e. The Labute approximate surface area is 169 Å². The van der Waals surface area contributed by atoms with E-state index in [9.17, 15) is 9.59 Å². The van der Waals surface area contributed by atoms with E-state index in [1.54, 1.807) is 37.4 Å². The number of rotatable bonds is 8. The Morgan fingerprint density at radius 2 is 1.70 bits per heavy atom. The van der Waals surface area contributed by atoms with Crippen LogP contribution in [0.4, 0.5) is 0 Å². The van der Waals surface area contributed by atoms with Crippen LogP contribution < -0.4 is 10.1 Å². The highest BCUT2D eigenvalue weighted by Crippen LogP contribution is 2.24. The standard InChI is InChI=1S/C20H22Cl2N2O3/c1-3-17(20(26)23-2)24(12-14-8-4-5-9-15(14)21)19(25)13-27-18-11-7-6-10-16(18)22/h4-11,17H,3,12-13H2,1-2H3,(H,23,26)/t17-/m1/s1. The number of benzene rings is 2. The maximum absolute atomic E-state index is 12.9. The fourth-order valence-electron chi connectivity index (χ4n) is 2.68. The summed E-state index contributed by atoms with van der Waals surface area (Å²) in [5, 5.41) is 3.56. The van der Waals surface area contributed by atoms with Gasteiger partial charge in [-0.2, -0.15) is 0 Å². The van der Waals surface area contributed by atoms with Crippen LogP contribution in [-0.4, -0.2) is 36.4 Å². The molecule has 0 saturated carbocycles. The average Bonchev–Trinajstić information content (AvgIpc) is 2.68. The summed E-state index contributed by atoms with van der Waals surface area (Å²) in [7, 11) is 1.55. The molecule has 0 aliphatic rings. The summed E-state index contributed by atoms with van der Waals surface area (Å²) in [4.78, 5) is 26.7. The second-order valence-electron chi connectivity index (χ2n) is 5.87. The Morgan fingerprint density at radius 3 is 2.30 bits per heavy atom. The van der Waals surface area contributed by atoms with Gasteiger partial charge in [-0.15, -0.1) is 0 Å². The van der Waals surface area contributed by atoms with Gasteiger partial charge in [-0.3, -0.25) is 9.59 Å². The molecule has 0 radical (unpaired) electrons. The molecular formula is C20H22Cl2N2O3. The van der Waals surface area contributed by atoms with E-state index >= 15 is 0 Å². The number of hydrogen-bond acceptors (Lipinski definition) is 3. The Kier molecular flexibility index (Phi) is 7.95. The summed E-state index contributed by atoms with van der Waals surface area (Å²) >= 11 is 12.3. The Balaban J connectivity index is 2.22. The van der Waals surface area contributed by atoms with Crippen molar-refractivity contribution in [1.82, 2.24) is 10.2 Å². The predicted octanol–water partition coefficient (Wildman–Crippen LogP) is 3.93. The topological polar surface area (TPSA) is 58.6 Å². The fraction of sp³-hybridized carbons (Fsp3) is 0.300. The molecule has 2 aromatic carbocycles. The zero-order valence-electron chi connectivity index (χ0n) is 15.2. The summed E-state index contributed by atoms with van der Waals surface area (Å²) in [6.45, 7) is 1.82. The third-order valence-electron chi connectivity index (χ3n) is 4.12. The van der Waals surface area contributed by atoms with Gasteiger partial charge >= 0.3 is 0 Å². The van der Waals surface area contributed by atoms with E-state index < -0.39 is 6.04 Å². The number of likely N-dealkylation sites (N-methyl/N-ethyl adjacent to an activating group) is 1. The van der Waals surface area contributed by atoms with Crippen LogP contribution in [0, 0.1) is 0 Å². The predicted molar refractivity (Wildman–Crippen MR) is 107 cm³/mol. The minimum Gasteiger partial charge on any atom is -0.482 e. The molecule has 1 N–H and O–H groups in total. The SMILES string of the molecule is CC[C@H](C(=O)NC)N(Cc1ccccc1Cl)C(=O)COc1ccccc1Cl. The lowest BCUT2D eigenvalue weighted by atomic mass is 10.1. The van der Waals surface area contributed by atoms with Gasteiger partial charge in [0.25, 0.3) is 5.91 Å². The molecule has 144 valence electrons. The lowest BCUT2D eigenvalue weighted by Gasteiger charge is -2.30. The number of nitrogens with one attached hydrogen (secondary N) is 1. The van der Waals surface area contributed by atoms with E-state index in [1.807, 2.05) is 25.1 Å². The fourth-order valence-corrected chi connectivity index (χ4v) is 3.07. The van der Waals surface area contributed by atoms with Crippen molar-refractivity contribution in [2.45, 2.75) is 25.9 Å². The molecule has 0 aliphatic heterocycles. The molecule has 2 amide bonds. The molecule has 27 heavy (non-hydrogen) atoms. The van der Waals surface area contributed by atoms with E-state index in [1.165, 1.54) is 4.90 Å². The number of carbonyl (C=O) groups excluding carboxylic acids is 2. The van der Waals surface area contributed by atoms with Crippen LogP contribution in [0.3, 0.4) is 0 Å². The quantitative estimate of drug-likeness (QED) is 0.719. The molecule has 2 aromatic rings. The molecular weight excluding hydrogens is 387 g/mol. The van der Waals surface area contributed by atoms with E-state index in [-0.39, 0.29) is 25.0 Å². The van der Waals surface area contributed by atoms with Crippen molar-refractivity contribution in [3.63, 3.8) is 0 Å². The third-order valence-corrected chi connectivity index (χ3v) is 4.80. The monoisotopic (exact) mass is 408 g/mol. The summed E-state index contributed by atoms with van der Waals surface area (Å²) in [5.74, 6) is -0.154. The normalized spacial score (nSPS) is 11.6. The molecule has 0 heterocycles. The van der Waals surface area contributed by atoms with Gasteiger partial charge in [-0.1, -0.05) is 60.5 Å². The molecule has 0 aliphatic carbocycles. The van der Waals surface area contributed by atoms with E-state index in [0.29, 0.717) is 22.2 Å². The molecule has 0 aromatic heterocycles. The number of carbonyl (C=O) groups is 2. The van der Waals surface area contributed by atoms with Crippen LogP contribution in [0.25, 0.3) is 0 Å². The average molecular weight is 409 g/mol. The maximum atomic E-state index is 12.9. The van der Waals surface area contributed by atoms with Crippen LogP contribution in [-0.2, 0) is 16.1 Å². The second kappa shape index (κ2) is 10.2. The Morgan fingerprint density at radius 1 is 1.07 bits per heavy atom. The lowest BCUT2D eigenvalue weighted by molar-refractivity contribution is -0.142. The number of nitrogens with zero attached hydrogens (tertiary/aromatic N) is 1. The van der Waals surface area contributed by atoms with Gasteiger partial charge in [-0.25, -0.2) is 0 Å². The van der Waals surface area contributed by atoms with Gasteiger partial charge in [0.2, 0.25) is 5.91 Å². The largest absolute Gasteiger partial charge is 0.482 e. The molecule has 0 bridgehead atoms. The number of para-hydroxylation sites is 1. The first-order valence-corrected chi connectivity index (χ1v) is 9.35. The summed E-state index contributed by atoms with van der Waals surface area (Å²) in [6, 6.07) is 13.5. The van der Waals surface area contributed by atoms with Crippen LogP contribution in [0.1, 0.15) is 18.9 Å². The summed E-state index contributed by atoms with van der Waals surface area (Å²) < 4.78 is 5.57. The van der Waals surface area contributed by atoms with Crippen molar-refractivity contribution in [2.75, 3.05) is 13.7 Å². The van der Waals surface area contributed by atoms with Crippen molar-refractivity contribution in [3.05, 3.63) is 64.1 Å². The van der Waals surface area contributed by atoms with Gasteiger partial charge in [0, 0.05) is 18.6 Å². The van der Waals surface area contributed by atoms with E-state index in [0.717, 1.165) is 5.56 Å². The maximum Gasteiger partial charge on any atom is 0.261 e. The number of amides is 2. The zero-order valence-corrected chi connectivity index (χ0v) is 16.8. The molecule has 1 atom stereocenters. The van der Waals surface area contributed by atoms with Crippen LogP contribution in [0.15, 0.2) is 48.5 Å². The first kappa shape index (κ1) is 21.1. The zero-order chi connectivity index (χ0) is 19.8. The minimum atomic E-state index is -0.631. The van der Waals surface area contributed by atoms with Gasteiger partial charge < -0.3 is 15.0 Å². The lowest BCUT2D eigenvalue weighted by Crippen LogP contribution is -2.49. The van der Waals surface area contributed by atoms with Crippen molar-refractivity contribution in [3.8, 4) is 5.75 Å². The van der Waals surface area contributed by atoms with Gasteiger partial charge in [0.1, 0.15) is 11.8 Å². The molecule has 7 heteroatoms. The molecule has 0 spiro atoms. The highest BCUT2D eigenvalue weighted by molar-refractivity contribution is 6.32. The van der Waals surface area contributed by atoms with Gasteiger partial charge in [0.15, 0.2) is 6.61 Å². The Hall–Kier alpha value is -2.24. The van der Waals surface area contributed by atoms with E-state index in [4.69, 9.17) is 27.9 Å². The minimum absolute atomic E-state index is 0.205. The number of ether oxygens (including phenoxy) is 1. The van der Waals surface area contributed by atoms with E-state index in [2.05, 4.69) is 5.32 Å². The highest BCUT2D eigenvalue weighted by atomic mass is 35.5. The van der Waals surface area contributed by atoms with Crippen molar-refractivity contribution >= 4 is 35.0 Å². The second-order valence-corrected chi connectivity index (χ2v) is 6.68. The summed E-state index contributed by atoms with van der Waals surface area (Å²) in [5.41, 5.74) is 0.757.